The number of benzene rings is 1. The molecule has 7 nitrogen and oxygen atoms in total. The third-order valence-electron chi connectivity index (χ3n) is 5.81. The van der Waals surface area contributed by atoms with Gasteiger partial charge in [0.1, 0.15) is 6.10 Å². The number of allylic oxidation sites excluding steroid dienone is 1. The summed E-state index contributed by atoms with van der Waals surface area (Å²) in [5.74, 6) is -1.10. The third-order valence-corrected chi connectivity index (χ3v) is 5.81. The molecule has 2 atom stereocenters. The van der Waals surface area contributed by atoms with Crippen LogP contribution in [0.15, 0.2) is 43.0 Å². The van der Waals surface area contributed by atoms with Crippen LogP contribution in [0.25, 0.3) is 0 Å². The zero-order valence-corrected chi connectivity index (χ0v) is 19.0. The van der Waals surface area contributed by atoms with Gasteiger partial charge in [0.15, 0.2) is 0 Å². The van der Waals surface area contributed by atoms with E-state index in [9.17, 15) is 14.4 Å². The van der Waals surface area contributed by atoms with Crippen molar-refractivity contribution in [3.05, 3.63) is 48.6 Å². The molecule has 0 radical (unpaired) electrons. The molecule has 0 saturated heterocycles. The number of carbonyl (C=O) groups is 3. The van der Waals surface area contributed by atoms with Gasteiger partial charge in [-0.3, -0.25) is 19.6 Å². The number of amides is 2. The van der Waals surface area contributed by atoms with E-state index < -0.39 is 11.9 Å². The van der Waals surface area contributed by atoms with Crippen molar-refractivity contribution >= 4 is 17.8 Å². The van der Waals surface area contributed by atoms with E-state index in [0.29, 0.717) is 12.8 Å². The SMILES string of the molecule is C=CCCCC(=O)N(C[C@H](C)CC(=O)NO)C(CC(=O)OC1CCCC1)c1ccccc1. The van der Waals surface area contributed by atoms with Gasteiger partial charge in [-0.25, -0.2) is 5.48 Å². The molecule has 0 spiro atoms. The summed E-state index contributed by atoms with van der Waals surface area (Å²) >= 11 is 0. The maximum Gasteiger partial charge on any atom is 0.308 e. The van der Waals surface area contributed by atoms with E-state index >= 15 is 0 Å². The molecule has 0 bridgehead atoms. The predicted octanol–water partition coefficient (Wildman–Crippen LogP) is 4.32. The van der Waals surface area contributed by atoms with E-state index in [1.54, 1.807) is 16.5 Å². The van der Waals surface area contributed by atoms with E-state index in [2.05, 4.69) is 6.58 Å². The Morgan fingerprint density at radius 2 is 1.91 bits per heavy atom. The fraction of sp³-hybridized carbons (Fsp3) is 0.560. The van der Waals surface area contributed by atoms with Gasteiger partial charge in [-0.2, -0.15) is 0 Å². The average Bonchev–Trinajstić information content (AvgIpc) is 3.29. The van der Waals surface area contributed by atoms with E-state index in [1.165, 1.54) is 0 Å². The Bertz CT molecular complexity index is 746. The van der Waals surface area contributed by atoms with Crippen molar-refractivity contribution in [2.75, 3.05) is 6.54 Å². The number of unbranched alkanes of at least 4 members (excludes halogenated alkanes) is 1. The highest BCUT2D eigenvalue weighted by Crippen LogP contribution is 2.29. The monoisotopic (exact) mass is 444 g/mol. The van der Waals surface area contributed by atoms with Crippen LogP contribution in [0.5, 0.6) is 0 Å². The van der Waals surface area contributed by atoms with Crippen LogP contribution in [-0.2, 0) is 19.1 Å². The van der Waals surface area contributed by atoms with Gasteiger partial charge in [0.2, 0.25) is 11.8 Å². The molecule has 176 valence electrons. The van der Waals surface area contributed by atoms with E-state index in [0.717, 1.165) is 37.7 Å². The van der Waals surface area contributed by atoms with Gasteiger partial charge in [-0.15, -0.1) is 6.58 Å². The number of ether oxygens (including phenoxy) is 1. The molecule has 1 fully saturated rings. The number of hydrogen-bond donors (Lipinski definition) is 2. The molecule has 0 aromatic heterocycles. The fourth-order valence-corrected chi connectivity index (χ4v) is 4.19. The Hall–Kier alpha value is -2.67. The summed E-state index contributed by atoms with van der Waals surface area (Å²) in [4.78, 5) is 39.4. The molecule has 0 heterocycles. The second-order valence-electron chi connectivity index (χ2n) is 8.60. The maximum absolute atomic E-state index is 13.2. The highest BCUT2D eigenvalue weighted by molar-refractivity contribution is 5.79. The van der Waals surface area contributed by atoms with Crippen LogP contribution in [0.1, 0.15) is 76.3 Å². The van der Waals surface area contributed by atoms with Gasteiger partial charge in [0, 0.05) is 19.4 Å². The van der Waals surface area contributed by atoms with Crippen molar-refractivity contribution in [2.45, 2.75) is 76.9 Å². The Kier molecular flexibility index (Phi) is 10.9. The zero-order chi connectivity index (χ0) is 23.3. The highest BCUT2D eigenvalue weighted by atomic mass is 16.5. The average molecular weight is 445 g/mol. The lowest BCUT2D eigenvalue weighted by molar-refractivity contribution is -0.151. The number of esters is 1. The summed E-state index contributed by atoms with van der Waals surface area (Å²) in [6, 6.07) is 8.98. The van der Waals surface area contributed by atoms with Crippen molar-refractivity contribution in [3.8, 4) is 0 Å². The minimum Gasteiger partial charge on any atom is -0.462 e. The largest absolute Gasteiger partial charge is 0.462 e. The first kappa shape index (κ1) is 25.6. The molecule has 1 aromatic rings. The van der Waals surface area contributed by atoms with E-state index in [4.69, 9.17) is 9.94 Å². The van der Waals surface area contributed by atoms with Crippen molar-refractivity contribution in [3.63, 3.8) is 0 Å². The minimum absolute atomic E-state index is 0.0390. The summed E-state index contributed by atoms with van der Waals surface area (Å²) in [6.07, 6.45) is 7.50. The molecular formula is C25H36N2O5. The van der Waals surface area contributed by atoms with E-state index in [-0.39, 0.29) is 43.3 Å². The van der Waals surface area contributed by atoms with Crippen molar-refractivity contribution in [1.29, 1.82) is 0 Å². The minimum atomic E-state index is -0.506. The van der Waals surface area contributed by atoms with Crippen molar-refractivity contribution in [1.82, 2.24) is 10.4 Å². The summed E-state index contributed by atoms with van der Waals surface area (Å²) in [5.41, 5.74) is 2.50. The number of rotatable bonds is 13. The quantitative estimate of drug-likeness (QED) is 0.155. The van der Waals surface area contributed by atoms with Crippen LogP contribution < -0.4 is 5.48 Å². The van der Waals surface area contributed by atoms with Gasteiger partial charge < -0.3 is 9.64 Å². The first-order valence-corrected chi connectivity index (χ1v) is 11.5. The molecule has 1 aromatic carbocycles. The van der Waals surface area contributed by atoms with E-state index in [1.807, 2.05) is 37.3 Å². The number of nitrogens with one attached hydrogen (secondary N) is 1. The topological polar surface area (TPSA) is 95.9 Å². The predicted molar refractivity (Wildman–Crippen MR) is 122 cm³/mol. The first-order valence-electron chi connectivity index (χ1n) is 11.5. The van der Waals surface area contributed by atoms with Crippen LogP contribution in [0.4, 0.5) is 0 Å². The Labute approximate surface area is 190 Å². The highest BCUT2D eigenvalue weighted by Gasteiger charge is 2.30. The Morgan fingerprint density at radius 3 is 2.53 bits per heavy atom. The smallest absolute Gasteiger partial charge is 0.308 e. The third kappa shape index (κ3) is 8.46. The summed E-state index contributed by atoms with van der Waals surface area (Å²) in [6.45, 7) is 5.84. The second-order valence-corrected chi connectivity index (χ2v) is 8.60. The number of carbonyl (C=O) groups excluding carboxylic acids is 3. The molecular weight excluding hydrogens is 408 g/mol. The van der Waals surface area contributed by atoms with Gasteiger partial charge in [-0.1, -0.05) is 43.3 Å². The van der Waals surface area contributed by atoms with Gasteiger partial charge in [0.05, 0.1) is 12.5 Å². The summed E-state index contributed by atoms with van der Waals surface area (Å²) in [5, 5.41) is 8.86. The molecule has 1 unspecified atom stereocenters. The standard InChI is InChI=1S/C25H36N2O5/c1-3-4-6-15-24(29)27(18-19(2)16-23(28)26-31)22(20-11-7-5-8-12-20)17-25(30)32-21-13-9-10-14-21/h3,5,7-8,11-12,19,21-22,31H,1,4,6,9-10,13-18H2,2H3,(H,26,28)/t19-,22?/m1/s1. The molecule has 1 aliphatic rings. The number of hydroxylamine groups is 1. The Morgan fingerprint density at radius 1 is 1.22 bits per heavy atom. The molecule has 1 saturated carbocycles. The van der Waals surface area contributed by atoms with Crippen molar-refractivity contribution in [2.24, 2.45) is 5.92 Å². The number of nitrogens with zero attached hydrogens (tertiary/aromatic N) is 1. The number of hydrogen-bond acceptors (Lipinski definition) is 5. The van der Waals surface area contributed by atoms with Gasteiger partial charge in [-0.05, 0) is 50.0 Å². The zero-order valence-electron chi connectivity index (χ0n) is 19.0. The molecule has 7 heteroatoms. The normalized spacial score (nSPS) is 15.6. The maximum atomic E-state index is 13.2. The molecule has 1 aliphatic carbocycles. The van der Waals surface area contributed by atoms with Crippen LogP contribution in [0, 0.1) is 5.92 Å². The van der Waals surface area contributed by atoms with Crippen LogP contribution in [0.2, 0.25) is 0 Å². The molecule has 0 aliphatic heterocycles. The van der Waals surface area contributed by atoms with Crippen LogP contribution >= 0.6 is 0 Å². The summed E-state index contributed by atoms with van der Waals surface area (Å²) in [7, 11) is 0. The Balaban J connectivity index is 2.24. The first-order chi connectivity index (χ1) is 15.4. The van der Waals surface area contributed by atoms with Crippen LogP contribution in [-0.4, -0.2) is 40.5 Å². The molecule has 2 N–H and O–H groups in total. The lowest BCUT2D eigenvalue weighted by Gasteiger charge is -2.34. The lowest BCUT2D eigenvalue weighted by atomic mass is 9.98. The van der Waals surface area contributed by atoms with Crippen LogP contribution in [0.3, 0.4) is 0 Å². The summed E-state index contributed by atoms with van der Waals surface area (Å²) < 4.78 is 5.69. The molecule has 2 amide bonds. The van der Waals surface area contributed by atoms with Gasteiger partial charge in [0.25, 0.3) is 0 Å². The van der Waals surface area contributed by atoms with Crippen molar-refractivity contribution < 1.29 is 24.3 Å². The second kappa shape index (κ2) is 13.7. The van der Waals surface area contributed by atoms with Gasteiger partial charge >= 0.3 is 5.97 Å². The molecule has 2 rings (SSSR count). The lowest BCUT2D eigenvalue weighted by Crippen LogP contribution is -2.40. The molecule has 32 heavy (non-hydrogen) atoms. The fourth-order valence-electron chi connectivity index (χ4n) is 4.19.